The first kappa shape index (κ1) is 14.5. The zero-order chi connectivity index (χ0) is 14.5. The number of rotatable bonds is 5. The van der Waals surface area contributed by atoms with Gasteiger partial charge in [-0.05, 0) is 26.0 Å². The standard InChI is InChI=1S/C13H14FN3O2S/c1-3-15-11(18)8(2)20-13-17-16-12(19-13)9-6-4-5-7-10(9)14/h4-8H,3H2,1-2H3,(H,15,18)/t8-/m0/s1. The molecule has 0 spiro atoms. The number of benzene rings is 1. The van der Waals surface area contributed by atoms with Crippen LogP contribution >= 0.6 is 11.8 Å². The molecular formula is C13H14FN3O2S. The van der Waals surface area contributed by atoms with E-state index >= 15 is 0 Å². The molecule has 5 nitrogen and oxygen atoms in total. The van der Waals surface area contributed by atoms with Crippen molar-refractivity contribution in [1.82, 2.24) is 15.5 Å². The summed E-state index contributed by atoms with van der Waals surface area (Å²) < 4.78 is 18.9. The summed E-state index contributed by atoms with van der Waals surface area (Å²) in [4.78, 5) is 11.6. The van der Waals surface area contributed by atoms with Crippen molar-refractivity contribution in [2.45, 2.75) is 24.3 Å². The van der Waals surface area contributed by atoms with E-state index in [-0.39, 0.29) is 27.8 Å². The van der Waals surface area contributed by atoms with Gasteiger partial charge in [-0.15, -0.1) is 10.2 Å². The van der Waals surface area contributed by atoms with Crippen LogP contribution < -0.4 is 5.32 Å². The van der Waals surface area contributed by atoms with Crippen LogP contribution in [0.5, 0.6) is 0 Å². The predicted octanol–water partition coefficient (Wildman–Crippen LogP) is 2.49. The van der Waals surface area contributed by atoms with Crippen molar-refractivity contribution in [2.75, 3.05) is 6.54 Å². The molecule has 0 saturated heterocycles. The summed E-state index contributed by atoms with van der Waals surface area (Å²) in [6.07, 6.45) is 0. The molecule has 0 aliphatic carbocycles. The van der Waals surface area contributed by atoms with E-state index in [0.717, 1.165) is 11.8 Å². The van der Waals surface area contributed by atoms with Crippen LogP contribution in [0.4, 0.5) is 4.39 Å². The maximum Gasteiger partial charge on any atom is 0.277 e. The van der Waals surface area contributed by atoms with Gasteiger partial charge in [0.15, 0.2) is 0 Å². The number of amides is 1. The normalized spacial score (nSPS) is 12.2. The van der Waals surface area contributed by atoms with Crippen molar-refractivity contribution in [3.05, 3.63) is 30.1 Å². The maximum absolute atomic E-state index is 13.6. The van der Waals surface area contributed by atoms with Gasteiger partial charge in [-0.2, -0.15) is 0 Å². The molecule has 20 heavy (non-hydrogen) atoms. The van der Waals surface area contributed by atoms with Crippen LogP contribution in [-0.4, -0.2) is 27.9 Å². The highest BCUT2D eigenvalue weighted by Gasteiger charge is 2.18. The van der Waals surface area contributed by atoms with E-state index in [9.17, 15) is 9.18 Å². The van der Waals surface area contributed by atoms with E-state index in [2.05, 4.69) is 15.5 Å². The van der Waals surface area contributed by atoms with Crippen molar-refractivity contribution >= 4 is 17.7 Å². The first-order valence-electron chi connectivity index (χ1n) is 6.14. The van der Waals surface area contributed by atoms with Crippen LogP contribution in [0.25, 0.3) is 11.5 Å². The summed E-state index contributed by atoms with van der Waals surface area (Å²) in [5, 5.41) is 10.2. The van der Waals surface area contributed by atoms with Crippen molar-refractivity contribution < 1.29 is 13.6 Å². The Labute approximate surface area is 120 Å². The highest BCUT2D eigenvalue weighted by Crippen LogP contribution is 2.27. The lowest BCUT2D eigenvalue weighted by atomic mass is 10.2. The second-order valence-electron chi connectivity index (χ2n) is 4.01. The van der Waals surface area contributed by atoms with Gasteiger partial charge in [0.2, 0.25) is 5.91 Å². The highest BCUT2D eigenvalue weighted by molar-refractivity contribution is 8.00. The number of aromatic nitrogens is 2. The largest absolute Gasteiger partial charge is 0.411 e. The fraction of sp³-hybridized carbons (Fsp3) is 0.308. The maximum atomic E-state index is 13.6. The number of hydrogen-bond acceptors (Lipinski definition) is 5. The van der Waals surface area contributed by atoms with Crippen LogP contribution in [0.3, 0.4) is 0 Å². The molecule has 1 atom stereocenters. The molecule has 0 bridgehead atoms. The van der Waals surface area contributed by atoms with E-state index < -0.39 is 5.82 Å². The average Bonchev–Trinajstić information content (AvgIpc) is 2.87. The minimum Gasteiger partial charge on any atom is -0.411 e. The predicted molar refractivity (Wildman–Crippen MR) is 73.7 cm³/mol. The van der Waals surface area contributed by atoms with Crippen LogP contribution in [-0.2, 0) is 4.79 Å². The number of carbonyl (C=O) groups excluding carboxylic acids is 1. The van der Waals surface area contributed by atoms with Gasteiger partial charge in [-0.25, -0.2) is 4.39 Å². The van der Waals surface area contributed by atoms with Gasteiger partial charge < -0.3 is 9.73 Å². The van der Waals surface area contributed by atoms with E-state index in [1.54, 1.807) is 25.1 Å². The van der Waals surface area contributed by atoms with Crippen molar-refractivity contribution in [3.8, 4) is 11.5 Å². The number of nitrogens with zero attached hydrogens (tertiary/aromatic N) is 2. The summed E-state index contributed by atoms with van der Waals surface area (Å²) >= 11 is 1.14. The summed E-state index contributed by atoms with van der Waals surface area (Å²) in [7, 11) is 0. The second-order valence-corrected chi connectivity index (χ2v) is 5.30. The molecule has 2 rings (SSSR count). The fourth-order valence-electron chi connectivity index (χ4n) is 1.52. The SMILES string of the molecule is CCNC(=O)[C@H](C)Sc1nnc(-c2ccccc2F)o1. The molecule has 1 heterocycles. The van der Waals surface area contributed by atoms with Gasteiger partial charge in [0, 0.05) is 6.54 Å². The lowest BCUT2D eigenvalue weighted by Crippen LogP contribution is -2.30. The van der Waals surface area contributed by atoms with Gasteiger partial charge in [-0.1, -0.05) is 23.9 Å². The lowest BCUT2D eigenvalue weighted by molar-refractivity contribution is -0.120. The third-order valence-corrected chi connectivity index (χ3v) is 3.44. The fourth-order valence-corrected chi connectivity index (χ4v) is 2.23. The zero-order valence-electron chi connectivity index (χ0n) is 11.1. The van der Waals surface area contributed by atoms with E-state index in [1.165, 1.54) is 6.07 Å². The van der Waals surface area contributed by atoms with E-state index in [4.69, 9.17) is 4.42 Å². The third kappa shape index (κ3) is 3.36. The Balaban J connectivity index is 2.10. The van der Waals surface area contributed by atoms with E-state index in [1.807, 2.05) is 6.92 Å². The molecule has 0 aliphatic heterocycles. The quantitative estimate of drug-likeness (QED) is 0.858. The highest BCUT2D eigenvalue weighted by atomic mass is 32.2. The molecule has 0 aliphatic rings. The monoisotopic (exact) mass is 295 g/mol. The number of carbonyl (C=O) groups is 1. The Kier molecular flexibility index (Phi) is 4.73. The molecule has 0 fully saturated rings. The Hall–Kier alpha value is -1.89. The Morgan fingerprint density at radius 3 is 2.90 bits per heavy atom. The van der Waals surface area contributed by atoms with Crippen LogP contribution in [0.1, 0.15) is 13.8 Å². The van der Waals surface area contributed by atoms with Crippen LogP contribution in [0.2, 0.25) is 0 Å². The molecule has 106 valence electrons. The van der Waals surface area contributed by atoms with Crippen molar-refractivity contribution in [3.63, 3.8) is 0 Å². The molecule has 1 aromatic heterocycles. The molecule has 0 radical (unpaired) electrons. The first-order valence-corrected chi connectivity index (χ1v) is 7.02. The Morgan fingerprint density at radius 1 is 1.45 bits per heavy atom. The van der Waals surface area contributed by atoms with E-state index in [0.29, 0.717) is 6.54 Å². The Bertz CT molecular complexity index is 603. The molecule has 1 aromatic carbocycles. The topological polar surface area (TPSA) is 68.0 Å². The van der Waals surface area contributed by atoms with Gasteiger partial charge in [0.1, 0.15) is 5.82 Å². The molecular weight excluding hydrogens is 281 g/mol. The third-order valence-electron chi connectivity index (χ3n) is 2.51. The number of halogens is 1. The van der Waals surface area contributed by atoms with Crippen molar-refractivity contribution in [2.24, 2.45) is 0 Å². The van der Waals surface area contributed by atoms with Gasteiger partial charge in [-0.3, -0.25) is 4.79 Å². The van der Waals surface area contributed by atoms with Gasteiger partial charge >= 0.3 is 0 Å². The summed E-state index contributed by atoms with van der Waals surface area (Å²) in [6, 6.07) is 6.16. The first-order chi connectivity index (χ1) is 9.61. The second kappa shape index (κ2) is 6.51. The van der Waals surface area contributed by atoms with Gasteiger partial charge in [0.25, 0.3) is 11.1 Å². The van der Waals surface area contributed by atoms with Crippen molar-refractivity contribution in [1.29, 1.82) is 0 Å². The molecule has 1 N–H and O–H groups in total. The average molecular weight is 295 g/mol. The van der Waals surface area contributed by atoms with Crippen LogP contribution in [0.15, 0.2) is 33.9 Å². The molecule has 7 heteroatoms. The molecule has 0 saturated carbocycles. The zero-order valence-corrected chi connectivity index (χ0v) is 11.9. The van der Waals surface area contributed by atoms with Gasteiger partial charge in [0.05, 0.1) is 10.8 Å². The molecule has 2 aromatic rings. The number of hydrogen-bond donors (Lipinski definition) is 1. The minimum atomic E-state index is -0.426. The number of nitrogens with one attached hydrogen (secondary N) is 1. The minimum absolute atomic E-state index is 0.105. The smallest absolute Gasteiger partial charge is 0.277 e. The summed E-state index contributed by atoms with van der Waals surface area (Å²) in [5.74, 6) is -0.429. The Morgan fingerprint density at radius 2 is 2.20 bits per heavy atom. The summed E-state index contributed by atoms with van der Waals surface area (Å²) in [6.45, 7) is 4.15. The number of thioether (sulfide) groups is 1. The molecule has 1 amide bonds. The lowest BCUT2D eigenvalue weighted by Gasteiger charge is -2.07. The molecule has 0 unspecified atom stereocenters. The summed E-state index contributed by atoms with van der Waals surface area (Å²) in [5.41, 5.74) is 0.248. The van der Waals surface area contributed by atoms with Crippen LogP contribution in [0, 0.1) is 5.82 Å².